The molecule has 1 atom stereocenters. The number of nitrogens with one attached hydrogen (secondary N) is 1. The van der Waals surface area contributed by atoms with Gasteiger partial charge >= 0.3 is 0 Å². The van der Waals surface area contributed by atoms with Gasteiger partial charge in [0.1, 0.15) is 19.0 Å². The number of carbonyl (C=O) groups excluding carboxylic acids is 1. The van der Waals surface area contributed by atoms with Crippen LogP contribution in [0.3, 0.4) is 0 Å². The number of carbonyl (C=O) groups is 1. The zero-order valence-corrected chi connectivity index (χ0v) is 16.2. The van der Waals surface area contributed by atoms with E-state index in [2.05, 4.69) is 40.6 Å². The molecule has 29 heavy (non-hydrogen) atoms. The summed E-state index contributed by atoms with van der Waals surface area (Å²) in [6.07, 6.45) is 6.33. The summed E-state index contributed by atoms with van der Waals surface area (Å²) in [4.78, 5) is 23.7. The minimum absolute atomic E-state index is 0.0429. The Hall–Kier alpha value is -3.41. The lowest BCUT2D eigenvalue weighted by Crippen LogP contribution is -2.43. The summed E-state index contributed by atoms with van der Waals surface area (Å²) in [6, 6.07) is 3.75. The van der Waals surface area contributed by atoms with Crippen LogP contribution in [0.2, 0.25) is 0 Å². The molecule has 0 saturated carbocycles. The zero-order valence-electron chi connectivity index (χ0n) is 15.4. The monoisotopic (exact) mass is 410 g/mol. The maximum Gasteiger partial charge on any atom is 0.225 e. The third-order valence-electron chi connectivity index (χ3n) is 4.94. The summed E-state index contributed by atoms with van der Waals surface area (Å²) in [7, 11) is 0. The first-order valence-corrected chi connectivity index (χ1v) is 10.1. The van der Waals surface area contributed by atoms with Gasteiger partial charge in [0.05, 0.1) is 18.2 Å². The molecule has 0 spiro atoms. The quantitative estimate of drug-likeness (QED) is 0.511. The van der Waals surface area contributed by atoms with Crippen molar-refractivity contribution in [3.63, 3.8) is 0 Å². The predicted octanol–water partition coefficient (Wildman–Crippen LogP) is 0.694. The molecule has 0 radical (unpaired) electrons. The maximum absolute atomic E-state index is 12.7. The lowest BCUT2D eigenvalue weighted by molar-refractivity contribution is -0.125. The van der Waals surface area contributed by atoms with Crippen LogP contribution in [0, 0.1) is 5.92 Å². The molecule has 5 rings (SSSR count). The normalized spacial score (nSPS) is 17.0. The summed E-state index contributed by atoms with van der Waals surface area (Å²) in [5, 5.41) is 21.7. The molecule has 0 aliphatic carbocycles. The second kappa shape index (κ2) is 7.54. The summed E-state index contributed by atoms with van der Waals surface area (Å²) < 4.78 is 3.31. The van der Waals surface area contributed by atoms with Gasteiger partial charge in [0, 0.05) is 18.5 Å². The third kappa shape index (κ3) is 3.53. The molecule has 0 aromatic carbocycles. The number of thiazole rings is 1. The minimum atomic E-state index is -0.0922. The highest BCUT2D eigenvalue weighted by molar-refractivity contribution is 7.15. The van der Waals surface area contributed by atoms with Crippen LogP contribution in [0.5, 0.6) is 0 Å². The number of anilines is 1. The van der Waals surface area contributed by atoms with Gasteiger partial charge in [0.15, 0.2) is 11.6 Å². The fourth-order valence-corrected chi connectivity index (χ4v) is 4.25. The van der Waals surface area contributed by atoms with Crippen molar-refractivity contribution in [2.45, 2.75) is 19.4 Å². The van der Waals surface area contributed by atoms with E-state index in [0.29, 0.717) is 18.9 Å². The van der Waals surface area contributed by atoms with Gasteiger partial charge in [-0.2, -0.15) is 10.2 Å². The Bertz CT molecular complexity index is 1100. The van der Waals surface area contributed by atoms with Gasteiger partial charge in [0.25, 0.3) is 0 Å². The summed E-state index contributed by atoms with van der Waals surface area (Å²) in [5.74, 6) is 1.31. The van der Waals surface area contributed by atoms with Crippen LogP contribution in [0.15, 0.2) is 36.5 Å². The van der Waals surface area contributed by atoms with E-state index in [1.54, 1.807) is 15.5 Å². The smallest absolute Gasteiger partial charge is 0.225 e. The van der Waals surface area contributed by atoms with Crippen molar-refractivity contribution in [1.29, 1.82) is 0 Å². The molecule has 11 nitrogen and oxygen atoms in total. The largest absolute Gasteiger partial charge is 0.354 e. The van der Waals surface area contributed by atoms with Crippen molar-refractivity contribution in [2.24, 2.45) is 5.92 Å². The Morgan fingerprint density at radius 2 is 2.10 bits per heavy atom. The van der Waals surface area contributed by atoms with Crippen molar-refractivity contribution in [3.05, 3.63) is 42.2 Å². The highest BCUT2D eigenvalue weighted by Crippen LogP contribution is 2.22. The zero-order chi connectivity index (χ0) is 19.6. The highest BCUT2D eigenvalue weighted by Gasteiger charge is 2.27. The van der Waals surface area contributed by atoms with Crippen LogP contribution >= 0.6 is 11.3 Å². The molecule has 1 fully saturated rings. The molecule has 4 aromatic rings. The van der Waals surface area contributed by atoms with E-state index < -0.39 is 0 Å². The van der Waals surface area contributed by atoms with Crippen molar-refractivity contribution in [1.82, 2.24) is 44.9 Å². The van der Waals surface area contributed by atoms with Gasteiger partial charge in [0.2, 0.25) is 10.9 Å². The second-order valence-electron chi connectivity index (χ2n) is 6.77. The first kappa shape index (κ1) is 17.7. The molecule has 1 unspecified atom stereocenters. The van der Waals surface area contributed by atoms with E-state index in [9.17, 15) is 4.79 Å². The molecule has 1 aliphatic rings. The number of aromatic nitrogens is 8. The van der Waals surface area contributed by atoms with Crippen molar-refractivity contribution in [2.75, 3.05) is 18.0 Å². The Morgan fingerprint density at radius 3 is 2.93 bits per heavy atom. The molecular formula is C17H18N10OS. The standard InChI is InChI=1S/C17H18N10OS/c28-16(19-6-13-8-29-17-20-10-22-27(13)17)12-2-1-5-25(7-12)14-3-4-15(24-23-14)26-11-18-9-21-26/h3-4,8-12H,1-2,5-7H2,(H,19,28). The molecule has 1 aliphatic heterocycles. The molecule has 1 amide bonds. The van der Waals surface area contributed by atoms with Crippen LogP contribution in [0.4, 0.5) is 5.82 Å². The van der Waals surface area contributed by atoms with Crippen LogP contribution < -0.4 is 10.2 Å². The Balaban J connectivity index is 1.22. The van der Waals surface area contributed by atoms with E-state index in [1.807, 2.05) is 17.5 Å². The second-order valence-corrected chi connectivity index (χ2v) is 7.61. The number of nitrogens with zero attached hydrogens (tertiary/aromatic N) is 9. The fraction of sp³-hybridized carbons (Fsp3) is 0.353. The first-order valence-electron chi connectivity index (χ1n) is 9.25. The molecule has 1 saturated heterocycles. The predicted molar refractivity (Wildman–Crippen MR) is 105 cm³/mol. The third-order valence-corrected chi connectivity index (χ3v) is 5.82. The Kier molecular flexibility index (Phi) is 4.60. The van der Waals surface area contributed by atoms with E-state index in [1.165, 1.54) is 24.0 Å². The average molecular weight is 410 g/mol. The highest BCUT2D eigenvalue weighted by atomic mass is 32.1. The minimum Gasteiger partial charge on any atom is -0.354 e. The van der Waals surface area contributed by atoms with Gasteiger partial charge < -0.3 is 10.2 Å². The van der Waals surface area contributed by atoms with Gasteiger partial charge in [-0.05, 0) is 25.0 Å². The maximum atomic E-state index is 12.7. The SMILES string of the molecule is O=C(NCc1csc2ncnn12)C1CCCN(c2ccc(-n3cncn3)nn2)C1. The molecule has 4 aromatic heterocycles. The summed E-state index contributed by atoms with van der Waals surface area (Å²) in [5.41, 5.74) is 0.929. The van der Waals surface area contributed by atoms with E-state index in [0.717, 1.165) is 35.9 Å². The molecule has 0 bridgehead atoms. The van der Waals surface area contributed by atoms with Crippen molar-refractivity contribution in [3.8, 4) is 5.82 Å². The van der Waals surface area contributed by atoms with E-state index in [4.69, 9.17) is 0 Å². The number of hydrogen-bond acceptors (Lipinski definition) is 9. The summed E-state index contributed by atoms with van der Waals surface area (Å²) in [6.45, 7) is 1.90. The fourth-order valence-electron chi connectivity index (χ4n) is 3.45. The Labute approximate surface area is 169 Å². The van der Waals surface area contributed by atoms with Crippen LogP contribution in [0.25, 0.3) is 10.8 Å². The van der Waals surface area contributed by atoms with Gasteiger partial charge in [-0.15, -0.1) is 21.5 Å². The van der Waals surface area contributed by atoms with E-state index in [-0.39, 0.29) is 11.8 Å². The number of fused-ring (bicyclic) bond motifs is 1. The number of amides is 1. The lowest BCUT2D eigenvalue weighted by atomic mass is 9.97. The molecule has 12 heteroatoms. The molecule has 5 heterocycles. The molecule has 1 N–H and O–H groups in total. The van der Waals surface area contributed by atoms with E-state index >= 15 is 0 Å². The average Bonchev–Trinajstić information content (AvgIpc) is 3.51. The number of hydrogen-bond donors (Lipinski definition) is 1. The van der Waals surface area contributed by atoms with Gasteiger partial charge in [-0.1, -0.05) is 0 Å². The van der Waals surface area contributed by atoms with Crippen LogP contribution in [-0.4, -0.2) is 58.6 Å². The first-order chi connectivity index (χ1) is 14.3. The van der Waals surface area contributed by atoms with Gasteiger partial charge in [-0.25, -0.2) is 19.2 Å². The number of rotatable bonds is 5. The lowest BCUT2D eigenvalue weighted by Gasteiger charge is -2.32. The Morgan fingerprint density at radius 1 is 1.21 bits per heavy atom. The van der Waals surface area contributed by atoms with Gasteiger partial charge in [-0.3, -0.25) is 4.79 Å². The van der Waals surface area contributed by atoms with Crippen molar-refractivity contribution < 1.29 is 4.79 Å². The topological polar surface area (TPSA) is 119 Å². The number of piperidine rings is 1. The van der Waals surface area contributed by atoms with Crippen LogP contribution in [-0.2, 0) is 11.3 Å². The summed E-state index contributed by atoms with van der Waals surface area (Å²) >= 11 is 1.51. The van der Waals surface area contributed by atoms with Crippen LogP contribution in [0.1, 0.15) is 18.5 Å². The van der Waals surface area contributed by atoms with Crippen molar-refractivity contribution >= 4 is 28.0 Å². The molecule has 148 valence electrons. The molecular weight excluding hydrogens is 392 g/mol.